The largest absolute Gasteiger partial charge is 0.0764 e. The van der Waals surface area contributed by atoms with Gasteiger partial charge in [-0.05, 0) is 30.1 Å². The van der Waals surface area contributed by atoms with Crippen LogP contribution in [0.4, 0.5) is 0 Å². The lowest BCUT2D eigenvalue weighted by Crippen LogP contribution is -2.22. The van der Waals surface area contributed by atoms with Crippen LogP contribution in [-0.2, 0) is 0 Å². The summed E-state index contributed by atoms with van der Waals surface area (Å²) in [5, 5.41) is 0. The molecule has 2 rings (SSSR count). The summed E-state index contributed by atoms with van der Waals surface area (Å²) in [5.74, 6) is 1.72. The maximum absolute atomic E-state index is 2.46. The van der Waals surface area contributed by atoms with Gasteiger partial charge in [-0.2, -0.15) is 0 Å². The number of rotatable bonds is 1. The van der Waals surface area contributed by atoms with Crippen molar-refractivity contribution >= 4 is 0 Å². The highest BCUT2D eigenvalue weighted by Gasteiger charge is 2.34. The molecular weight excluding hydrogens is 204 g/mol. The Morgan fingerprint density at radius 3 is 2.65 bits per heavy atom. The van der Waals surface area contributed by atoms with Crippen LogP contribution in [0.15, 0.2) is 36.0 Å². The van der Waals surface area contributed by atoms with E-state index in [-0.39, 0.29) is 0 Å². The van der Waals surface area contributed by atoms with Gasteiger partial charge in [-0.1, -0.05) is 69.6 Å². The molecule has 0 amide bonds. The van der Waals surface area contributed by atoms with Gasteiger partial charge in [0.25, 0.3) is 0 Å². The minimum Gasteiger partial charge on any atom is -0.0764 e. The Morgan fingerprint density at radius 2 is 1.82 bits per heavy atom. The Labute approximate surface area is 106 Å². The van der Waals surface area contributed by atoms with Crippen molar-refractivity contribution in [2.45, 2.75) is 46.5 Å². The van der Waals surface area contributed by atoms with E-state index in [9.17, 15) is 0 Å². The molecule has 3 atom stereocenters. The van der Waals surface area contributed by atoms with Gasteiger partial charge in [0.05, 0.1) is 0 Å². The van der Waals surface area contributed by atoms with Crippen LogP contribution >= 0.6 is 0 Å². The molecular formula is C17H25. The SMILES string of the molecule is CC1CCCC(C)(C2=CC=CC=C[CH]2)CC1C. The van der Waals surface area contributed by atoms with Crippen LogP contribution in [0, 0.1) is 23.7 Å². The smallest absolute Gasteiger partial charge is 0.00891 e. The van der Waals surface area contributed by atoms with E-state index in [0.717, 1.165) is 11.8 Å². The highest BCUT2D eigenvalue weighted by atomic mass is 14.4. The molecule has 0 spiro atoms. The molecule has 1 saturated carbocycles. The highest BCUT2D eigenvalue weighted by molar-refractivity contribution is 5.36. The van der Waals surface area contributed by atoms with Gasteiger partial charge in [0, 0.05) is 6.42 Å². The van der Waals surface area contributed by atoms with Crippen molar-refractivity contribution in [2.75, 3.05) is 0 Å². The Balaban J connectivity index is 2.19. The van der Waals surface area contributed by atoms with Crippen molar-refractivity contribution in [3.63, 3.8) is 0 Å². The zero-order valence-corrected chi connectivity index (χ0v) is 11.4. The molecule has 2 aliphatic carbocycles. The van der Waals surface area contributed by atoms with Gasteiger partial charge < -0.3 is 0 Å². The van der Waals surface area contributed by atoms with E-state index in [0.29, 0.717) is 5.41 Å². The summed E-state index contributed by atoms with van der Waals surface area (Å²) in [6, 6.07) is 0. The number of allylic oxidation sites excluding steroid dienone is 6. The Hall–Kier alpha value is -0.780. The molecule has 2 aliphatic rings. The van der Waals surface area contributed by atoms with E-state index in [1.807, 2.05) is 0 Å². The molecule has 3 unspecified atom stereocenters. The van der Waals surface area contributed by atoms with E-state index in [4.69, 9.17) is 0 Å². The Morgan fingerprint density at radius 1 is 1.06 bits per heavy atom. The van der Waals surface area contributed by atoms with E-state index >= 15 is 0 Å². The van der Waals surface area contributed by atoms with E-state index in [1.54, 1.807) is 0 Å². The standard InChI is InChI=1S/C17H25/c1-14-9-8-12-17(3,13-15(14)2)16-10-6-4-5-7-11-16/h4-7,10-11,14-15H,8-9,12-13H2,1-3H3. The van der Waals surface area contributed by atoms with Gasteiger partial charge >= 0.3 is 0 Å². The molecule has 0 N–H and O–H groups in total. The summed E-state index contributed by atoms with van der Waals surface area (Å²) in [7, 11) is 0. The predicted molar refractivity (Wildman–Crippen MR) is 75.6 cm³/mol. The van der Waals surface area contributed by atoms with Crippen molar-refractivity contribution in [1.82, 2.24) is 0 Å². The number of hydrogen-bond donors (Lipinski definition) is 0. The summed E-state index contributed by atoms with van der Waals surface area (Å²) < 4.78 is 0. The molecule has 93 valence electrons. The monoisotopic (exact) mass is 229 g/mol. The van der Waals surface area contributed by atoms with Crippen molar-refractivity contribution in [2.24, 2.45) is 17.3 Å². The van der Waals surface area contributed by atoms with Crippen LogP contribution in [0.1, 0.15) is 46.5 Å². The van der Waals surface area contributed by atoms with Gasteiger partial charge in [-0.3, -0.25) is 0 Å². The topological polar surface area (TPSA) is 0 Å². The fourth-order valence-corrected chi connectivity index (χ4v) is 3.28. The van der Waals surface area contributed by atoms with Gasteiger partial charge in [0.2, 0.25) is 0 Å². The van der Waals surface area contributed by atoms with Crippen molar-refractivity contribution in [3.8, 4) is 0 Å². The maximum atomic E-state index is 2.46. The fraction of sp³-hybridized carbons (Fsp3) is 0.588. The third-order valence-electron chi connectivity index (χ3n) is 4.71. The van der Waals surface area contributed by atoms with Gasteiger partial charge in [0.15, 0.2) is 0 Å². The van der Waals surface area contributed by atoms with Crippen LogP contribution in [-0.4, -0.2) is 0 Å². The normalized spacial score (nSPS) is 38.4. The zero-order chi connectivity index (χ0) is 12.3. The molecule has 0 saturated heterocycles. The van der Waals surface area contributed by atoms with E-state index in [1.165, 1.54) is 31.3 Å². The summed E-state index contributed by atoms with van der Waals surface area (Å²) in [4.78, 5) is 0. The lowest BCUT2D eigenvalue weighted by atomic mass is 9.71. The molecule has 0 aliphatic heterocycles. The first-order chi connectivity index (χ1) is 8.12. The van der Waals surface area contributed by atoms with Crippen molar-refractivity contribution in [1.29, 1.82) is 0 Å². The van der Waals surface area contributed by atoms with Crippen LogP contribution < -0.4 is 0 Å². The minimum atomic E-state index is 0.378. The molecule has 0 aromatic rings. The molecule has 17 heavy (non-hydrogen) atoms. The van der Waals surface area contributed by atoms with Crippen LogP contribution in [0.25, 0.3) is 0 Å². The highest BCUT2D eigenvalue weighted by Crippen LogP contribution is 2.45. The minimum absolute atomic E-state index is 0.378. The number of hydrogen-bond acceptors (Lipinski definition) is 0. The molecule has 0 aromatic carbocycles. The lowest BCUT2D eigenvalue weighted by molar-refractivity contribution is 0.275. The quantitative estimate of drug-likeness (QED) is 0.549. The van der Waals surface area contributed by atoms with Gasteiger partial charge in [0.1, 0.15) is 0 Å². The molecule has 0 nitrogen and oxygen atoms in total. The average molecular weight is 229 g/mol. The average Bonchev–Trinajstić information content (AvgIpc) is 2.62. The summed E-state index contributed by atoms with van der Waals surface area (Å²) in [6.07, 6.45) is 18.7. The third kappa shape index (κ3) is 2.91. The molecule has 0 aromatic heterocycles. The summed E-state index contributed by atoms with van der Waals surface area (Å²) in [6.45, 7) is 7.30. The maximum Gasteiger partial charge on any atom is 0.00891 e. The molecule has 1 radical (unpaired) electrons. The van der Waals surface area contributed by atoms with Gasteiger partial charge in [-0.25, -0.2) is 0 Å². The molecule has 0 heteroatoms. The van der Waals surface area contributed by atoms with Gasteiger partial charge in [-0.15, -0.1) is 0 Å². The van der Waals surface area contributed by atoms with Crippen molar-refractivity contribution in [3.05, 3.63) is 42.4 Å². The second kappa shape index (κ2) is 5.25. The zero-order valence-electron chi connectivity index (χ0n) is 11.4. The van der Waals surface area contributed by atoms with Crippen LogP contribution in [0.3, 0.4) is 0 Å². The predicted octanol–water partition coefficient (Wildman–Crippen LogP) is 5.10. The fourth-order valence-electron chi connectivity index (χ4n) is 3.28. The lowest BCUT2D eigenvalue weighted by Gasteiger charge is -2.33. The van der Waals surface area contributed by atoms with Crippen molar-refractivity contribution < 1.29 is 0 Å². The van der Waals surface area contributed by atoms with E-state index in [2.05, 4.69) is 57.6 Å². The van der Waals surface area contributed by atoms with Crippen LogP contribution in [0.5, 0.6) is 0 Å². The Kier molecular flexibility index (Phi) is 3.91. The van der Waals surface area contributed by atoms with Crippen LogP contribution in [0.2, 0.25) is 0 Å². The first kappa shape index (κ1) is 12.7. The van der Waals surface area contributed by atoms with E-state index < -0.39 is 0 Å². The summed E-state index contributed by atoms with van der Waals surface area (Å²) in [5.41, 5.74) is 1.90. The molecule has 0 heterocycles. The summed E-state index contributed by atoms with van der Waals surface area (Å²) >= 11 is 0. The Bertz CT molecular complexity index is 345. The first-order valence-corrected chi connectivity index (χ1v) is 7.01. The molecule has 1 fully saturated rings. The first-order valence-electron chi connectivity index (χ1n) is 7.01. The molecule has 0 bridgehead atoms. The third-order valence-corrected chi connectivity index (χ3v) is 4.71. The second-order valence-corrected chi connectivity index (χ2v) is 6.17. The second-order valence-electron chi connectivity index (χ2n) is 6.17.